The van der Waals surface area contributed by atoms with E-state index in [1.54, 1.807) is 11.3 Å². The molecule has 0 amide bonds. The Labute approximate surface area is 220 Å². The van der Waals surface area contributed by atoms with Gasteiger partial charge in [0.1, 0.15) is 11.6 Å². The van der Waals surface area contributed by atoms with Crippen LogP contribution in [0.25, 0.3) is 32.6 Å². The monoisotopic (exact) mass is 507 g/mol. The molecule has 3 aromatic heterocycles. The van der Waals surface area contributed by atoms with Crippen LogP contribution < -0.4 is 10.2 Å². The molecule has 1 fully saturated rings. The summed E-state index contributed by atoms with van der Waals surface area (Å²) in [6, 6.07) is 16.9. The maximum Gasteiger partial charge on any atom is 0.225 e. The largest absolute Gasteiger partial charge is 0.363 e. The third kappa shape index (κ3) is 5.15. The third-order valence-electron chi connectivity index (χ3n) is 6.83. The van der Waals surface area contributed by atoms with Gasteiger partial charge < -0.3 is 10.2 Å². The van der Waals surface area contributed by atoms with Gasteiger partial charge in [0.25, 0.3) is 0 Å². The Kier molecular flexibility index (Phi) is 6.49. The van der Waals surface area contributed by atoms with E-state index in [1.807, 2.05) is 37.0 Å². The van der Waals surface area contributed by atoms with Crippen LogP contribution in [0, 0.1) is 6.92 Å². The minimum Gasteiger partial charge on any atom is -0.363 e. The van der Waals surface area contributed by atoms with Crippen LogP contribution in [0.2, 0.25) is 0 Å². The van der Waals surface area contributed by atoms with E-state index in [0.29, 0.717) is 0 Å². The van der Waals surface area contributed by atoms with Crippen LogP contribution in [0.1, 0.15) is 43.6 Å². The molecule has 4 heterocycles. The minimum atomic E-state index is 0.0552. The molecule has 2 aromatic carbocycles. The minimum absolute atomic E-state index is 0.0552. The van der Waals surface area contributed by atoms with Gasteiger partial charge >= 0.3 is 0 Å². The molecular weight excluding hydrogens is 478 g/mol. The summed E-state index contributed by atoms with van der Waals surface area (Å²) in [4.78, 5) is 25.3. The predicted octanol–water partition coefficient (Wildman–Crippen LogP) is 6.68. The van der Waals surface area contributed by atoms with Gasteiger partial charge in [-0.3, -0.25) is 0 Å². The molecule has 0 aliphatic carbocycles. The SMILES string of the molecule is Cc1nc(N[C@@H](C)c2cccc(-c3cnc(N4CCCCC4)nc3)c2)cc(-c2ccc3ncsc3c2)n1. The first kappa shape index (κ1) is 23.5. The number of benzene rings is 2. The standard InChI is InChI=1S/C29H29N7S/c1-19(33-28-15-26(34-20(2)35-28)23-9-10-25-27(14-23)37-18-32-25)21-7-6-8-22(13-21)24-16-30-29(31-17-24)36-11-4-3-5-12-36/h6-10,13-19H,3-5,11-12H2,1-2H3,(H,33,34,35)/t19-/m0/s1. The normalized spacial score (nSPS) is 14.6. The maximum atomic E-state index is 4.69. The van der Waals surface area contributed by atoms with Crippen molar-refractivity contribution in [3.8, 4) is 22.4 Å². The second-order valence-electron chi connectivity index (χ2n) is 9.53. The zero-order chi connectivity index (χ0) is 25.2. The van der Waals surface area contributed by atoms with Gasteiger partial charge in [0.05, 0.1) is 21.4 Å². The summed E-state index contributed by atoms with van der Waals surface area (Å²) < 4.78 is 1.15. The van der Waals surface area contributed by atoms with Crippen LogP contribution >= 0.6 is 11.3 Å². The lowest BCUT2D eigenvalue weighted by Gasteiger charge is -2.26. The Morgan fingerprint density at radius 2 is 1.70 bits per heavy atom. The molecule has 37 heavy (non-hydrogen) atoms. The van der Waals surface area contributed by atoms with Gasteiger partial charge in [-0.25, -0.2) is 24.9 Å². The van der Waals surface area contributed by atoms with Gasteiger partial charge in [0, 0.05) is 48.7 Å². The number of thiazole rings is 1. The summed E-state index contributed by atoms with van der Waals surface area (Å²) in [5.41, 5.74) is 8.14. The van der Waals surface area contributed by atoms with E-state index in [9.17, 15) is 0 Å². The summed E-state index contributed by atoms with van der Waals surface area (Å²) in [6.45, 7) is 6.17. The summed E-state index contributed by atoms with van der Waals surface area (Å²) in [5, 5.41) is 3.57. The van der Waals surface area contributed by atoms with Gasteiger partial charge in [-0.2, -0.15) is 0 Å². The van der Waals surface area contributed by atoms with Crippen molar-refractivity contribution in [2.45, 2.75) is 39.2 Å². The molecular formula is C29H29N7S. The predicted molar refractivity (Wildman–Crippen MR) is 151 cm³/mol. The van der Waals surface area contributed by atoms with Gasteiger partial charge in [-0.05, 0) is 62.4 Å². The molecule has 1 aliphatic rings. The lowest BCUT2D eigenvalue weighted by Crippen LogP contribution is -2.30. The van der Waals surface area contributed by atoms with E-state index in [4.69, 9.17) is 0 Å². The van der Waals surface area contributed by atoms with E-state index < -0.39 is 0 Å². The fourth-order valence-electron chi connectivity index (χ4n) is 4.82. The second-order valence-corrected chi connectivity index (χ2v) is 10.4. The van der Waals surface area contributed by atoms with E-state index >= 15 is 0 Å². The molecule has 186 valence electrons. The molecule has 1 saturated heterocycles. The van der Waals surface area contributed by atoms with E-state index in [1.165, 1.54) is 24.8 Å². The summed E-state index contributed by atoms with van der Waals surface area (Å²) in [6.07, 6.45) is 7.61. The molecule has 0 spiro atoms. The van der Waals surface area contributed by atoms with Crippen molar-refractivity contribution in [3.63, 3.8) is 0 Å². The third-order valence-corrected chi connectivity index (χ3v) is 7.62. The highest BCUT2D eigenvalue weighted by Crippen LogP contribution is 2.29. The molecule has 0 unspecified atom stereocenters. The van der Waals surface area contributed by atoms with Crippen molar-refractivity contribution < 1.29 is 0 Å². The van der Waals surface area contributed by atoms with Crippen LogP contribution in [0.3, 0.4) is 0 Å². The Morgan fingerprint density at radius 1 is 0.865 bits per heavy atom. The molecule has 8 heteroatoms. The molecule has 0 radical (unpaired) electrons. The number of hydrogen-bond acceptors (Lipinski definition) is 8. The molecule has 6 rings (SSSR count). The highest BCUT2D eigenvalue weighted by Gasteiger charge is 2.14. The molecule has 0 saturated carbocycles. The number of aryl methyl sites for hydroxylation is 1. The van der Waals surface area contributed by atoms with Crippen LogP contribution in [0.15, 0.2) is 66.4 Å². The molecule has 0 bridgehead atoms. The number of fused-ring (bicyclic) bond motifs is 1. The van der Waals surface area contributed by atoms with Crippen molar-refractivity contribution in [2.24, 2.45) is 0 Å². The topological polar surface area (TPSA) is 79.7 Å². The Balaban J connectivity index is 1.21. The average molecular weight is 508 g/mol. The summed E-state index contributed by atoms with van der Waals surface area (Å²) >= 11 is 1.64. The summed E-state index contributed by atoms with van der Waals surface area (Å²) in [5.74, 6) is 2.37. The number of nitrogens with zero attached hydrogens (tertiary/aromatic N) is 6. The van der Waals surface area contributed by atoms with Crippen LogP contribution in [-0.4, -0.2) is 38.0 Å². The zero-order valence-electron chi connectivity index (χ0n) is 21.1. The lowest BCUT2D eigenvalue weighted by atomic mass is 10.0. The highest BCUT2D eigenvalue weighted by molar-refractivity contribution is 7.16. The molecule has 7 nitrogen and oxygen atoms in total. The average Bonchev–Trinajstić information content (AvgIpc) is 3.41. The lowest BCUT2D eigenvalue weighted by molar-refractivity contribution is 0.568. The van der Waals surface area contributed by atoms with E-state index in [2.05, 4.69) is 78.5 Å². The van der Waals surface area contributed by atoms with Gasteiger partial charge in [0.2, 0.25) is 5.95 Å². The first-order chi connectivity index (χ1) is 18.1. The fourth-order valence-corrected chi connectivity index (χ4v) is 5.54. The van der Waals surface area contributed by atoms with Crippen LogP contribution in [0.5, 0.6) is 0 Å². The van der Waals surface area contributed by atoms with Gasteiger partial charge in [0.15, 0.2) is 0 Å². The van der Waals surface area contributed by atoms with E-state index in [0.717, 1.165) is 63.3 Å². The Hall–Kier alpha value is -3.91. The number of rotatable bonds is 6. The van der Waals surface area contributed by atoms with Crippen molar-refractivity contribution in [2.75, 3.05) is 23.3 Å². The highest BCUT2D eigenvalue weighted by atomic mass is 32.1. The molecule has 1 N–H and O–H groups in total. The number of anilines is 2. The fraction of sp³-hybridized carbons (Fsp3) is 0.276. The molecule has 1 atom stereocenters. The number of aromatic nitrogens is 5. The number of hydrogen-bond donors (Lipinski definition) is 1. The maximum absolute atomic E-state index is 4.69. The van der Waals surface area contributed by atoms with E-state index in [-0.39, 0.29) is 6.04 Å². The van der Waals surface area contributed by atoms with Crippen molar-refractivity contribution in [3.05, 3.63) is 77.8 Å². The van der Waals surface area contributed by atoms with Crippen molar-refractivity contribution >= 4 is 33.3 Å². The van der Waals surface area contributed by atoms with Crippen molar-refractivity contribution in [1.29, 1.82) is 0 Å². The van der Waals surface area contributed by atoms with Gasteiger partial charge in [-0.15, -0.1) is 11.3 Å². The second kappa shape index (κ2) is 10.2. The first-order valence-electron chi connectivity index (χ1n) is 12.8. The number of piperidine rings is 1. The molecule has 5 aromatic rings. The Bertz CT molecular complexity index is 1520. The van der Waals surface area contributed by atoms with Crippen LogP contribution in [0.4, 0.5) is 11.8 Å². The van der Waals surface area contributed by atoms with Crippen molar-refractivity contribution in [1.82, 2.24) is 24.9 Å². The van der Waals surface area contributed by atoms with Gasteiger partial charge in [-0.1, -0.05) is 24.3 Å². The summed E-state index contributed by atoms with van der Waals surface area (Å²) in [7, 11) is 0. The van der Waals surface area contributed by atoms with Crippen LogP contribution in [-0.2, 0) is 0 Å². The quantitative estimate of drug-likeness (QED) is 0.274. The zero-order valence-corrected chi connectivity index (χ0v) is 21.9. The number of nitrogens with one attached hydrogen (secondary N) is 1. The smallest absolute Gasteiger partial charge is 0.225 e. The first-order valence-corrected chi connectivity index (χ1v) is 13.6. The molecule has 1 aliphatic heterocycles. The Morgan fingerprint density at radius 3 is 2.54 bits per heavy atom.